The number of hydrogen-bond acceptors (Lipinski definition) is 3. The molecule has 0 saturated carbocycles. The lowest BCUT2D eigenvalue weighted by Crippen LogP contribution is -1.95. The Morgan fingerprint density at radius 1 is 0.944 bits per heavy atom. The van der Waals surface area contributed by atoms with Gasteiger partial charge in [0.1, 0.15) is 0 Å². The Morgan fingerprint density at radius 2 is 1.83 bits per heavy atom. The summed E-state index contributed by atoms with van der Waals surface area (Å²) in [4.78, 5) is 13.3. The maximum atomic E-state index is 4.65. The highest BCUT2D eigenvalue weighted by Crippen LogP contribution is 2.22. The van der Waals surface area contributed by atoms with E-state index in [4.69, 9.17) is 0 Å². The van der Waals surface area contributed by atoms with Gasteiger partial charge in [0.15, 0.2) is 5.82 Å². The molecule has 0 amide bonds. The van der Waals surface area contributed by atoms with Crippen LogP contribution in [0, 0.1) is 13.8 Å². The molecule has 0 aliphatic rings. The maximum Gasteiger partial charge on any atom is 0.161 e. The van der Waals surface area contributed by atoms with Crippen LogP contribution >= 0.6 is 0 Å². The first-order valence-electron chi connectivity index (χ1n) is 5.90. The van der Waals surface area contributed by atoms with Gasteiger partial charge < -0.3 is 0 Å². The lowest BCUT2D eigenvalue weighted by atomic mass is 10.1. The molecule has 3 nitrogen and oxygen atoms in total. The van der Waals surface area contributed by atoms with Crippen molar-refractivity contribution in [1.82, 2.24) is 15.0 Å². The van der Waals surface area contributed by atoms with E-state index in [9.17, 15) is 0 Å². The zero-order chi connectivity index (χ0) is 12.5. The fourth-order valence-electron chi connectivity index (χ4n) is 2.07. The second-order valence-electron chi connectivity index (χ2n) is 4.35. The van der Waals surface area contributed by atoms with Crippen molar-refractivity contribution in [3.63, 3.8) is 0 Å². The standard InChI is InChI=1S/C15H13N3/c1-10-5-3-7-13-11(2)17-15(18-14(10)13)12-6-4-8-16-9-12/h3-9H,1-2H3. The van der Waals surface area contributed by atoms with Crippen molar-refractivity contribution in [3.05, 3.63) is 54.0 Å². The maximum absolute atomic E-state index is 4.65. The Hall–Kier alpha value is -2.29. The molecule has 0 spiro atoms. The van der Waals surface area contributed by atoms with Crippen molar-refractivity contribution in [1.29, 1.82) is 0 Å². The molecule has 0 atom stereocenters. The van der Waals surface area contributed by atoms with Crippen LogP contribution in [0.25, 0.3) is 22.3 Å². The molecule has 0 fully saturated rings. The molecule has 2 heterocycles. The Labute approximate surface area is 106 Å². The molecule has 0 saturated heterocycles. The van der Waals surface area contributed by atoms with Crippen LogP contribution in [0.4, 0.5) is 0 Å². The molecule has 0 radical (unpaired) electrons. The SMILES string of the molecule is Cc1nc(-c2cccnc2)nc2c(C)cccc12. The van der Waals surface area contributed by atoms with E-state index < -0.39 is 0 Å². The molecule has 88 valence electrons. The zero-order valence-electron chi connectivity index (χ0n) is 10.4. The van der Waals surface area contributed by atoms with Gasteiger partial charge in [-0.15, -0.1) is 0 Å². The average Bonchev–Trinajstić information content (AvgIpc) is 2.41. The van der Waals surface area contributed by atoms with E-state index in [1.54, 1.807) is 12.4 Å². The lowest BCUT2D eigenvalue weighted by molar-refractivity contribution is 1.14. The minimum Gasteiger partial charge on any atom is -0.264 e. The third-order valence-electron chi connectivity index (χ3n) is 3.04. The summed E-state index contributed by atoms with van der Waals surface area (Å²) in [5.74, 6) is 0.738. The summed E-state index contributed by atoms with van der Waals surface area (Å²) in [6.07, 6.45) is 3.54. The highest BCUT2D eigenvalue weighted by Gasteiger charge is 2.07. The Balaban J connectivity index is 2.31. The Morgan fingerprint density at radius 3 is 2.61 bits per heavy atom. The van der Waals surface area contributed by atoms with Crippen LogP contribution in [0.3, 0.4) is 0 Å². The number of benzene rings is 1. The fraction of sp³-hybridized carbons (Fsp3) is 0.133. The van der Waals surface area contributed by atoms with Gasteiger partial charge in [-0.3, -0.25) is 4.98 Å². The van der Waals surface area contributed by atoms with Gasteiger partial charge in [-0.25, -0.2) is 9.97 Å². The van der Waals surface area contributed by atoms with Gasteiger partial charge >= 0.3 is 0 Å². The number of aromatic nitrogens is 3. The number of para-hydroxylation sites is 1. The normalized spacial score (nSPS) is 10.8. The summed E-state index contributed by atoms with van der Waals surface area (Å²) in [7, 11) is 0. The number of pyridine rings is 1. The smallest absolute Gasteiger partial charge is 0.161 e. The van der Waals surface area contributed by atoms with Crippen molar-refractivity contribution in [2.45, 2.75) is 13.8 Å². The summed E-state index contributed by atoms with van der Waals surface area (Å²) < 4.78 is 0. The molecule has 0 aliphatic carbocycles. The average molecular weight is 235 g/mol. The van der Waals surface area contributed by atoms with Gasteiger partial charge in [-0.1, -0.05) is 18.2 Å². The number of aryl methyl sites for hydroxylation is 2. The van der Waals surface area contributed by atoms with E-state index in [-0.39, 0.29) is 0 Å². The van der Waals surface area contributed by atoms with Crippen molar-refractivity contribution >= 4 is 10.9 Å². The molecule has 2 aromatic heterocycles. The van der Waals surface area contributed by atoms with Crippen LogP contribution in [0.1, 0.15) is 11.3 Å². The first-order valence-corrected chi connectivity index (χ1v) is 5.90. The molecule has 0 bridgehead atoms. The molecule has 0 unspecified atom stereocenters. The summed E-state index contributed by atoms with van der Waals surface area (Å²) in [5, 5.41) is 1.11. The van der Waals surface area contributed by atoms with Crippen LogP contribution in [0.15, 0.2) is 42.7 Å². The second kappa shape index (κ2) is 4.18. The van der Waals surface area contributed by atoms with E-state index in [0.29, 0.717) is 0 Å². The first kappa shape index (κ1) is 10.8. The van der Waals surface area contributed by atoms with Gasteiger partial charge in [-0.2, -0.15) is 0 Å². The van der Waals surface area contributed by atoms with E-state index in [0.717, 1.165) is 28.0 Å². The fourth-order valence-corrected chi connectivity index (χ4v) is 2.07. The first-order chi connectivity index (χ1) is 8.75. The molecule has 3 rings (SSSR count). The second-order valence-corrected chi connectivity index (χ2v) is 4.35. The molecule has 0 aliphatic heterocycles. The van der Waals surface area contributed by atoms with Crippen molar-refractivity contribution in [2.24, 2.45) is 0 Å². The third-order valence-corrected chi connectivity index (χ3v) is 3.04. The van der Waals surface area contributed by atoms with Crippen LogP contribution < -0.4 is 0 Å². The predicted octanol–water partition coefficient (Wildman–Crippen LogP) is 3.31. The summed E-state index contributed by atoms with van der Waals surface area (Å²) in [6.45, 7) is 4.09. The number of hydrogen-bond donors (Lipinski definition) is 0. The minimum absolute atomic E-state index is 0.738. The topological polar surface area (TPSA) is 38.7 Å². The molecule has 3 aromatic rings. The van der Waals surface area contributed by atoms with E-state index in [1.165, 1.54) is 5.56 Å². The van der Waals surface area contributed by atoms with Crippen LogP contribution in [0.2, 0.25) is 0 Å². The highest BCUT2D eigenvalue weighted by atomic mass is 14.9. The Kier molecular flexibility index (Phi) is 2.52. The quantitative estimate of drug-likeness (QED) is 0.649. The number of nitrogens with zero attached hydrogens (tertiary/aromatic N) is 3. The van der Waals surface area contributed by atoms with Crippen molar-refractivity contribution in [3.8, 4) is 11.4 Å². The van der Waals surface area contributed by atoms with Gasteiger partial charge in [0, 0.05) is 29.0 Å². The van der Waals surface area contributed by atoms with E-state index in [2.05, 4.69) is 34.0 Å². The molecular formula is C15H13N3. The van der Waals surface area contributed by atoms with E-state index >= 15 is 0 Å². The highest BCUT2D eigenvalue weighted by molar-refractivity contribution is 5.85. The van der Waals surface area contributed by atoms with Crippen LogP contribution in [0.5, 0.6) is 0 Å². The predicted molar refractivity (Wildman–Crippen MR) is 72.2 cm³/mol. The van der Waals surface area contributed by atoms with E-state index in [1.807, 2.05) is 25.1 Å². The number of rotatable bonds is 1. The molecular weight excluding hydrogens is 222 g/mol. The minimum atomic E-state index is 0.738. The van der Waals surface area contributed by atoms with Crippen LogP contribution in [-0.2, 0) is 0 Å². The van der Waals surface area contributed by atoms with Gasteiger partial charge in [0.05, 0.1) is 5.52 Å². The van der Waals surface area contributed by atoms with Gasteiger partial charge in [0.2, 0.25) is 0 Å². The van der Waals surface area contributed by atoms with Crippen molar-refractivity contribution in [2.75, 3.05) is 0 Å². The zero-order valence-corrected chi connectivity index (χ0v) is 10.4. The molecule has 1 aromatic carbocycles. The molecule has 3 heteroatoms. The summed E-state index contributed by atoms with van der Waals surface area (Å²) in [5.41, 5.74) is 4.14. The van der Waals surface area contributed by atoms with Crippen LogP contribution in [-0.4, -0.2) is 15.0 Å². The third kappa shape index (κ3) is 1.74. The summed E-state index contributed by atoms with van der Waals surface area (Å²) in [6, 6.07) is 10.0. The molecule has 0 N–H and O–H groups in total. The van der Waals surface area contributed by atoms with Gasteiger partial charge in [-0.05, 0) is 31.5 Å². The van der Waals surface area contributed by atoms with Crippen molar-refractivity contribution < 1.29 is 0 Å². The largest absolute Gasteiger partial charge is 0.264 e. The monoisotopic (exact) mass is 235 g/mol. The molecule has 18 heavy (non-hydrogen) atoms. The van der Waals surface area contributed by atoms with Gasteiger partial charge in [0.25, 0.3) is 0 Å². The number of fused-ring (bicyclic) bond motifs is 1. The summed E-state index contributed by atoms with van der Waals surface area (Å²) >= 11 is 0. The Bertz CT molecular complexity index is 706. The lowest BCUT2D eigenvalue weighted by Gasteiger charge is -2.07.